The van der Waals surface area contributed by atoms with E-state index in [1.54, 1.807) is 147 Å². The molecule has 5 aromatic heterocycles. The van der Waals surface area contributed by atoms with Crippen molar-refractivity contribution in [3.8, 4) is 45.7 Å². The number of nitrogens with zero attached hydrogens (tertiary/aromatic N) is 20. The average Bonchev–Trinajstić information content (AvgIpc) is 1.50. The highest BCUT2D eigenvalue weighted by Crippen LogP contribution is 2.36. The summed E-state index contributed by atoms with van der Waals surface area (Å²) in [6.45, 7) is 22.9. The van der Waals surface area contributed by atoms with E-state index in [0.29, 0.717) is 140 Å². The minimum atomic E-state index is -0.328. The maximum Gasteiger partial charge on any atom is 0.272 e. The van der Waals surface area contributed by atoms with E-state index >= 15 is 0 Å². The average molecular weight is 2040 g/mol. The molecule has 5 amide bonds. The van der Waals surface area contributed by atoms with E-state index in [1.807, 2.05) is 132 Å². The lowest BCUT2D eigenvalue weighted by atomic mass is 10.1. The molecule has 0 aliphatic carbocycles. The van der Waals surface area contributed by atoms with Crippen molar-refractivity contribution in [3.63, 3.8) is 0 Å². The van der Waals surface area contributed by atoms with Gasteiger partial charge in [0.15, 0.2) is 0 Å². The Hall–Kier alpha value is -16.2. The fourth-order valence-electron chi connectivity index (χ4n) is 18.6. The van der Waals surface area contributed by atoms with Crippen LogP contribution >= 0.6 is 23.4 Å². The van der Waals surface area contributed by atoms with Gasteiger partial charge in [-0.15, -0.1) is 11.8 Å². The Labute approximate surface area is 864 Å². The van der Waals surface area contributed by atoms with Crippen LogP contribution in [0.1, 0.15) is 80.9 Å². The number of piperazine rings is 5. The van der Waals surface area contributed by atoms with Crippen LogP contribution in [-0.2, 0) is 0 Å². The molecule has 28 nitrogen and oxygen atoms in total. The van der Waals surface area contributed by atoms with Gasteiger partial charge in [0.25, 0.3) is 29.5 Å². The molecule has 0 saturated carbocycles. The van der Waals surface area contributed by atoms with Crippen LogP contribution in [0, 0.1) is 63.7 Å². The van der Waals surface area contributed by atoms with Gasteiger partial charge in [0.2, 0.25) is 0 Å². The zero-order chi connectivity index (χ0) is 104. The topological polar surface area (TPSA) is 235 Å². The van der Waals surface area contributed by atoms with Crippen LogP contribution in [0.4, 0.5) is 50.4 Å². The highest BCUT2D eigenvalue weighted by molar-refractivity contribution is 7.98. The molecule has 10 heterocycles. The van der Waals surface area contributed by atoms with Gasteiger partial charge in [0.05, 0.1) is 89.6 Å². The van der Waals surface area contributed by atoms with Gasteiger partial charge in [-0.2, -0.15) is 25.5 Å². The zero-order valence-electron chi connectivity index (χ0n) is 83.7. The van der Waals surface area contributed by atoms with Gasteiger partial charge in [-0.3, -0.25) is 24.0 Å². The third-order valence-corrected chi connectivity index (χ3v) is 27.4. The molecule has 5 aliphatic rings. The van der Waals surface area contributed by atoms with Crippen molar-refractivity contribution in [2.45, 2.75) is 39.5 Å². The quantitative estimate of drug-likeness (QED) is 0.0540. The van der Waals surface area contributed by atoms with Crippen molar-refractivity contribution >= 4 is 92.1 Å². The number of thioether (sulfide) groups is 1. The Bertz CT molecular complexity index is 7290. The van der Waals surface area contributed by atoms with Crippen LogP contribution in [-0.4, -0.2) is 261 Å². The van der Waals surface area contributed by atoms with Crippen LogP contribution in [0.25, 0.3) is 39.2 Å². The Morgan fingerprint density at radius 3 is 0.851 bits per heavy atom. The first-order valence-electron chi connectivity index (χ1n) is 48.8. The van der Waals surface area contributed by atoms with Crippen molar-refractivity contribution in [1.29, 1.82) is 0 Å². The van der Waals surface area contributed by atoms with Gasteiger partial charge in [0.1, 0.15) is 74.8 Å². The number of carbonyl (C=O) groups is 5. The molecule has 148 heavy (non-hydrogen) atoms. The van der Waals surface area contributed by atoms with Crippen LogP contribution in [0.5, 0.6) is 17.2 Å². The van der Waals surface area contributed by atoms with E-state index in [2.05, 4.69) is 117 Å². The normalized spacial score (nSPS) is 14.2. The van der Waals surface area contributed by atoms with Crippen molar-refractivity contribution in [1.82, 2.24) is 73.4 Å². The standard InChI is InChI=1S/C25H23FN4O.C23H25FN4O3.C22H23FN4O2.C22H23FN4OS.C21H20ClFN4O/c1-18-17-24(30(27-18)21-11-9-20(26)10-12-21)25(31)29-15-13-28(14-16-29)23-8-4-6-19-5-2-3-7-22(19)23;1-16-14-21(28(25-16)18-6-4-17(24)5-7-18)23(29)27-12-10-26(11-13-27)20-9-8-19(30-2)15-22(20)31-3;1-16-15-21(27(24-16)19-5-3-17(23)4-6-19)22(28)26-13-11-25(12-14-26)18-7-9-20(29-2)10-8-18;1-16-15-20(27(24-16)18-9-7-17(23)8-10-18)22(28)26-13-11-25(12-14-26)19-5-3-4-6-21(19)29-2;1-15-14-20(27(24-15)19-8-4-17(23)5-9-19)21(28)26-12-10-25(11-13-26)18-6-2-16(22)3-7-18/h2-12,17H,13-16H2,1H3;4-9,14-15H,10-13H2,1-3H3;2*3-10,15H,11-14H2,1-2H3;2-9,14H,10-13H2,1H3. The lowest BCUT2D eigenvalue weighted by molar-refractivity contribution is 0.0730. The Kier molecular flexibility index (Phi) is 33.0. The number of anilines is 5. The molecule has 16 aromatic rings. The minimum absolute atomic E-state index is 0.0484. The molecule has 21 rings (SSSR count). The fraction of sp³-hybridized carbons (Fsp3) is 0.257. The number of hydrogen-bond acceptors (Lipinski definition) is 19. The van der Waals surface area contributed by atoms with Gasteiger partial charge in [-0.25, -0.2) is 45.4 Å². The summed E-state index contributed by atoms with van der Waals surface area (Å²) in [5, 5.41) is 25.4. The van der Waals surface area contributed by atoms with Gasteiger partial charge in [0, 0.05) is 169 Å². The second kappa shape index (κ2) is 47.3. The van der Waals surface area contributed by atoms with Gasteiger partial charge >= 0.3 is 0 Å². The van der Waals surface area contributed by atoms with Crippen molar-refractivity contribution < 1.29 is 60.1 Å². The predicted octanol–water partition coefficient (Wildman–Crippen LogP) is 19.0. The molecule has 35 heteroatoms. The number of para-hydroxylation sites is 1. The van der Waals surface area contributed by atoms with Crippen LogP contribution in [0.2, 0.25) is 5.02 Å². The molecule has 0 bridgehead atoms. The molecule has 11 aromatic carbocycles. The molecule has 0 spiro atoms. The summed E-state index contributed by atoms with van der Waals surface area (Å²) in [7, 11) is 4.91. The number of benzene rings is 11. The number of aromatic nitrogens is 10. The van der Waals surface area contributed by atoms with E-state index in [9.17, 15) is 45.9 Å². The number of fused-ring (bicyclic) bond motifs is 1. The lowest BCUT2D eigenvalue weighted by Crippen LogP contribution is -2.49. The number of halogens is 6. The first-order valence-corrected chi connectivity index (χ1v) is 50.4. The summed E-state index contributed by atoms with van der Waals surface area (Å²) in [5.41, 5.74) is 15.1. The Balaban J connectivity index is 0.000000126. The molecular weight excluding hydrogens is 1930 g/mol. The van der Waals surface area contributed by atoms with Crippen LogP contribution in [0.3, 0.4) is 0 Å². The second-order valence-electron chi connectivity index (χ2n) is 36.1. The molecular formula is C113H114ClF5N20O8S. The van der Waals surface area contributed by atoms with Crippen molar-refractivity contribution in [2.75, 3.05) is 183 Å². The maximum atomic E-state index is 13.3. The monoisotopic (exact) mass is 2040 g/mol. The summed E-state index contributed by atoms with van der Waals surface area (Å²) in [6, 6.07) is 83.4. The summed E-state index contributed by atoms with van der Waals surface area (Å²) in [5.74, 6) is 0.378. The van der Waals surface area contributed by atoms with Crippen molar-refractivity contribution in [2.24, 2.45) is 0 Å². The molecule has 0 unspecified atom stereocenters. The predicted molar refractivity (Wildman–Crippen MR) is 568 cm³/mol. The maximum absolute atomic E-state index is 13.3. The highest BCUT2D eigenvalue weighted by Gasteiger charge is 2.34. The van der Waals surface area contributed by atoms with Gasteiger partial charge < -0.3 is 63.2 Å². The van der Waals surface area contributed by atoms with E-state index in [1.165, 1.54) is 87.7 Å². The SMILES string of the molecule is COc1ccc(N2CCN(C(=O)c3cc(C)nn3-c3ccc(F)cc3)CC2)c(OC)c1.COc1ccc(N2CCN(C(=O)c3cc(C)nn3-c3ccc(F)cc3)CC2)cc1.CSc1ccccc1N1CCN(C(=O)c2cc(C)nn2-c2ccc(F)cc2)CC1.Cc1cc(C(=O)N2CCN(c3ccc(Cl)cc3)CC2)n(-c2ccc(F)cc2)n1.Cc1cc(C(=O)N2CCN(c3cccc4ccccc34)CC2)n(-c2ccc(F)cc2)n1. The van der Waals surface area contributed by atoms with E-state index in [0.717, 1.165) is 115 Å². The minimum Gasteiger partial charge on any atom is -0.497 e. The summed E-state index contributed by atoms with van der Waals surface area (Å²) in [6.07, 6.45) is 2.08. The molecule has 0 radical (unpaired) electrons. The first kappa shape index (κ1) is 103. The highest BCUT2D eigenvalue weighted by atomic mass is 35.5. The zero-order valence-corrected chi connectivity index (χ0v) is 85.2. The molecule has 5 saturated heterocycles. The molecule has 5 aliphatic heterocycles. The third-order valence-electron chi connectivity index (χ3n) is 26.3. The Morgan fingerprint density at radius 1 is 0.270 bits per heavy atom. The van der Waals surface area contributed by atoms with Crippen molar-refractivity contribution in [3.05, 3.63) is 376 Å². The summed E-state index contributed by atoms with van der Waals surface area (Å²) < 4.78 is 90.4. The van der Waals surface area contributed by atoms with Gasteiger partial charge in [-0.05, 0) is 277 Å². The first-order chi connectivity index (χ1) is 71.7. The van der Waals surface area contributed by atoms with E-state index in [4.69, 9.17) is 25.8 Å². The number of ether oxygens (including phenoxy) is 3. The molecule has 0 atom stereocenters. The third kappa shape index (κ3) is 24.4. The number of hydrogen-bond donors (Lipinski definition) is 0. The number of carbonyl (C=O) groups excluding carboxylic acids is 5. The number of rotatable bonds is 19. The summed E-state index contributed by atoms with van der Waals surface area (Å²) >= 11 is 7.69. The molecule has 0 N–H and O–H groups in total. The largest absolute Gasteiger partial charge is 0.497 e. The van der Waals surface area contributed by atoms with Crippen LogP contribution in [0.15, 0.2) is 290 Å². The van der Waals surface area contributed by atoms with Crippen LogP contribution < -0.4 is 38.7 Å². The molecule has 762 valence electrons. The summed E-state index contributed by atoms with van der Waals surface area (Å²) in [4.78, 5) is 87.9. The molecule has 5 fully saturated rings. The van der Waals surface area contributed by atoms with E-state index < -0.39 is 0 Å². The smallest absolute Gasteiger partial charge is 0.272 e. The number of aryl methyl sites for hydroxylation is 5. The fourth-order valence-corrected chi connectivity index (χ4v) is 19.4. The number of methoxy groups -OCH3 is 3. The Morgan fingerprint density at radius 2 is 0.534 bits per heavy atom. The van der Waals surface area contributed by atoms with Gasteiger partial charge in [-0.1, -0.05) is 60.1 Å². The lowest BCUT2D eigenvalue weighted by Gasteiger charge is -2.36. The number of amides is 5. The van der Waals surface area contributed by atoms with E-state index in [-0.39, 0.29) is 58.6 Å². The second-order valence-corrected chi connectivity index (χ2v) is 37.4.